The van der Waals surface area contributed by atoms with Crippen LogP contribution in [0.25, 0.3) is 0 Å². The van der Waals surface area contributed by atoms with Crippen LogP contribution in [0.5, 0.6) is 0 Å². The maximum atomic E-state index is 8.99. The molecule has 1 fully saturated rings. The van der Waals surface area contributed by atoms with Gasteiger partial charge in [0.15, 0.2) is 0 Å². The van der Waals surface area contributed by atoms with Crippen LogP contribution in [0, 0.1) is 11.3 Å². The second kappa shape index (κ2) is 3.65. The average molecular weight is 182 g/mol. The average Bonchev–Trinajstić information content (AvgIpc) is 2.02. The summed E-state index contributed by atoms with van der Waals surface area (Å²) in [5.74, 6) is 0. The van der Waals surface area contributed by atoms with Crippen molar-refractivity contribution in [1.29, 1.82) is 5.26 Å². The molecule has 0 aliphatic carbocycles. The first-order chi connectivity index (χ1) is 5.95. The van der Waals surface area contributed by atoms with E-state index >= 15 is 0 Å². The number of rotatable bonds is 1. The molecule has 0 N–H and O–H groups in total. The van der Waals surface area contributed by atoms with Crippen LogP contribution >= 0.6 is 0 Å². The van der Waals surface area contributed by atoms with E-state index < -0.39 is 0 Å². The molecule has 1 aliphatic rings. The molecule has 0 aromatic carbocycles. The van der Waals surface area contributed by atoms with Gasteiger partial charge in [-0.2, -0.15) is 5.26 Å². The van der Waals surface area contributed by atoms with Crippen LogP contribution in [-0.4, -0.2) is 35.7 Å². The van der Waals surface area contributed by atoms with Crippen molar-refractivity contribution in [2.24, 2.45) is 0 Å². The standard InChI is InChI=1S/C10H18N2O/c1-8-5-12(6-9(2)13-8)10(3,4)7-11/h8-9H,5-6H2,1-4H3/t8-,9+. The van der Waals surface area contributed by atoms with Gasteiger partial charge in [-0.3, -0.25) is 4.90 Å². The van der Waals surface area contributed by atoms with Crippen molar-refractivity contribution in [3.05, 3.63) is 0 Å². The van der Waals surface area contributed by atoms with Crippen LogP contribution in [0.15, 0.2) is 0 Å². The molecule has 0 aromatic heterocycles. The van der Waals surface area contributed by atoms with Crippen LogP contribution in [0.1, 0.15) is 27.7 Å². The topological polar surface area (TPSA) is 36.3 Å². The summed E-state index contributed by atoms with van der Waals surface area (Å²) in [5.41, 5.74) is -0.369. The maximum absolute atomic E-state index is 8.99. The number of hydrogen-bond acceptors (Lipinski definition) is 3. The lowest BCUT2D eigenvalue weighted by molar-refractivity contribution is -0.0863. The highest BCUT2D eigenvalue weighted by molar-refractivity contribution is 5.03. The predicted octanol–water partition coefficient (Wildman–Crippen LogP) is 1.40. The van der Waals surface area contributed by atoms with Crippen molar-refractivity contribution in [2.75, 3.05) is 13.1 Å². The van der Waals surface area contributed by atoms with Crippen LogP contribution in [0.4, 0.5) is 0 Å². The summed E-state index contributed by atoms with van der Waals surface area (Å²) in [6.07, 6.45) is 0.466. The Balaban J connectivity index is 2.66. The zero-order chi connectivity index (χ0) is 10.1. The van der Waals surface area contributed by atoms with E-state index in [4.69, 9.17) is 10.00 Å². The molecular weight excluding hydrogens is 164 g/mol. The van der Waals surface area contributed by atoms with Gasteiger partial charge >= 0.3 is 0 Å². The van der Waals surface area contributed by atoms with Crippen molar-refractivity contribution in [3.8, 4) is 6.07 Å². The zero-order valence-corrected chi connectivity index (χ0v) is 8.87. The Morgan fingerprint density at radius 1 is 1.31 bits per heavy atom. The molecule has 0 spiro atoms. The fourth-order valence-corrected chi connectivity index (χ4v) is 1.71. The first-order valence-corrected chi connectivity index (χ1v) is 4.77. The Labute approximate surface area is 80.3 Å². The summed E-state index contributed by atoms with van der Waals surface area (Å²) in [7, 11) is 0. The van der Waals surface area contributed by atoms with E-state index in [2.05, 4.69) is 24.8 Å². The quantitative estimate of drug-likeness (QED) is 0.615. The van der Waals surface area contributed by atoms with Crippen LogP contribution in [-0.2, 0) is 4.74 Å². The largest absolute Gasteiger partial charge is 0.373 e. The third kappa shape index (κ3) is 2.43. The second-order valence-electron chi connectivity index (χ2n) is 4.33. The fraction of sp³-hybridized carbons (Fsp3) is 0.900. The lowest BCUT2D eigenvalue weighted by Gasteiger charge is -2.41. The van der Waals surface area contributed by atoms with Gasteiger partial charge in [-0.05, 0) is 27.7 Å². The van der Waals surface area contributed by atoms with Gasteiger partial charge in [0, 0.05) is 13.1 Å². The molecule has 1 saturated heterocycles. The normalized spacial score (nSPS) is 31.3. The highest BCUT2D eigenvalue weighted by Crippen LogP contribution is 2.20. The van der Waals surface area contributed by atoms with Crippen LogP contribution in [0.3, 0.4) is 0 Å². The smallest absolute Gasteiger partial charge is 0.103 e. The third-order valence-corrected chi connectivity index (χ3v) is 2.48. The maximum Gasteiger partial charge on any atom is 0.103 e. The van der Waals surface area contributed by atoms with Gasteiger partial charge in [0.25, 0.3) is 0 Å². The van der Waals surface area contributed by atoms with Gasteiger partial charge in [-0.25, -0.2) is 0 Å². The molecule has 1 rings (SSSR count). The number of nitriles is 1. The predicted molar refractivity (Wildman–Crippen MR) is 51.3 cm³/mol. The van der Waals surface area contributed by atoms with Gasteiger partial charge in [-0.15, -0.1) is 0 Å². The lowest BCUT2D eigenvalue weighted by atomic mass is 10.0. The first kappa shape index (κ1) is 10.5. The molecule has 3 heteroatoms. The molecule has 0 amide bonds. The molecule has 1 heterocycles. The van der Waals surface area contributed by atoms with E-state index in [-0.39, 0.29) is 17.7 Å². The van der Waals surface area contributed by atoms with Crippen molar-refractivity contribution in [2.45, 2.75) is 45.4 Å². The summed E-state index contributed by atoms with van der Waals surface area (Å²) in [4.78, 5) is 2.19. The van der Waals surface area contributed by atoms with Crippen molar-refractivity contribution in [3.63, 3.8) is 0 Å². The highest BCUT2D eigenvalue weighted by Gasteiger charge is 2.32. The monoisotopic (exact) mass is 182 g/mol. The van der Waals surface area contributed by atoms with Gasteiger partial charge in [0.1, 0.15) is 5.54 Å². The minimum absolute atomic E-state index is 0.233. The Morgan fingerprint density at radius 3 is 2.15 bits per heavy atom. The number of hydrogen-bond donors (Lipinski definition) is 0. The van der Waals surface area contributed by atoms with Crippen LogP contribution < -0.4 is 0 Å². The van der Waals surface area contributed by atoms with E-state index in [1.165, 1.54) is 0 Å². The van der Waals surface area contributed by atoms with E-state index in [1.807, 2.05) is 13.8 Å². The van der Waals surface area contributed by atoms with Crippen LogP contribution in [0.2, 0.25) is 0 Å². The molecule has 2 atom stereocenters. The zero-order valence-electron chi connectivity index (χ0n) is 8.87. The van der Waals surface area contributed by atoms with Gasteiger partial charge in [0.05, 0.1) is 18.3 Å². The summed E-state index contributed by atoms with van der Waals surface area (Å²) < 4.78 is 5.60. The summed E-state index contributed by atoms with van der Waals surface area (Å²) >= 11 is 0. The molecule has 13 heavy (non-hydrogen) atoms. The SMILES string of the molecule is C[C@@H]1CN(C(C)(C)C#N)C[C@H](C)O1. The molecule has 0 saturated carbocycles. The Hall–Kier alpha value is -0.590. The second-order valence-corrected chi connectivity index (χ2v) is 4.33. The molecular formula is C10H18N2O. The third-order valence-electron chi connectivity index (χ3n) is 2.48. The molecule has 0 unspecified atom stereocenters. The molecule has 1 aliphatic heterocycles. The first-order valence-electron chi connectivity index (χ1n) is 4.77. The molecule has 0 radical (unpaired) electrons. The minimum atomic E-state index is -0.369. The Morgan fingerprint density at radius 2 is 1.77 bits per heavy atom. The highest BCUT2D eigenvalue weighted by atomic mass is 16.5. The number of morpholine rings is 1. The van der Waals surface area contributed by atoms with Crippen molar-refractivity contribution < 1.29 is 4.74 Å². The lowest BCUT2D eigenvalue weighted by Crippen LogP contribution is -2.54. The summed E-state index contributed by atoms with van der Waals surface area (Å²) in [5, 5.41) is 8.99. The Bertz CT molecular complexity index is 209. The Kier molecular flexibility index (Phi) is 2.94. The molecule has 3 nitrogen and oxygen atoms in total. The fourth-order valence-electron chi connectivity index (χ4n) is 1.71. The molecule has 74 valence electrons. The van der Waals surface area contributed by atoms with E-state index in [0.717, 1.165) is 13.1 Å². The van der Waals surface area contributed by atoms with E-state index in [0.29, 0.717) is 0 Å². The summed E-state index contributed by atoms with van der Waals surface area (Å²) in [6.45, 7) is 9.72. The van der Waals surface area contributed by atoms with Gasteiger partial charge in [-0.1, -0.05) is 0 Å². The van der Waals surface area contributed by atoms with Gasteiger partial charge in [0.2, 0.25) is 0 Å². The van der Waals surface area contributed by atoms with Crippen molar-refractivity contribution in [1.82, 2.24) is 4.90 Å². The number of nitrogens with zero attached hydrogens (tertiary/aromatic N) is 2. The van der Waals surface area contributed by atoms with E-state index in [1.54, 1.807) is 0 Å². The molecule has 0 aromatic rings. The minimum Gasteiger partial charge on any atom is -0.373 e. The number of ether oxygens (including phenoxy) is 1. The molecule has 0 bridgehead atoms. The van der Waals surface area contributed by atoms with E-state index in [9.17, 15) is 0 Å². The summed E-state index contributed by atoms with van der Waals surface area (Å²) in [6, 6.07) is 2.32. The van der Waals surface area contributed by atoms with Crippen molar-refractivity contribution >= 4 is 0 Å². The van der Waals surface area contributed by atoms with Gasteiger partial charge < -0.3 is 4.74 Å².